The van der Waals surface area contributed by atoms with Crippen LogP contribution in [0.4, 0.5) is 10.6 Å². The highest BCUT2D eigenvalue weighted by molar-refractivity contribution is 6.00. The molecule has 0 radical (unpaired) electrons. The summed E-state index contributed by atoms with van der Waals surface area (Å²) in [7, 11) is 1.28. The number of nitrogens with zero attached hydrogens (tertiary/aromatic N) is 4. The molecule has 1 saturated carbocycles. The number of carbonyl (C=O) groups is 3. The molecule has 4 heterocycles. The fourth-order valence-electron chi connectivity index (χ4n) is 6.66. The number of nitrogens with one attached hydrogen (secondary N) is 2. The van der Waals surface area contributed by atoms with Gasteiger partial charge < -0.3 is 29.7 Å². The molecule has 3 amide bonds. The van der Waals surface area contributed by atoms with Crippen LogP contribution in [0.25, 0.3) is 0 Å². The summed E-state index contributed by atoms with van der Waals surface area (Å²) in [5.74, 6) is 0.955. The van der Waals surface area contributed by atoms with Crippen molar-refractivity contribution in [3.8, 4) is 11.8 Å². The number of rotatable bonds is 6. The summed E-state index contributed by atoms with van der Waals surface area (Å²) in [6.07, 6.45) is 1.12. The summed E-state index contributed by atoms with van der Waals surface area (Å²) in [5, 5.41) is 15.4. The monoisotopic (exact) mass is 554 g/mol. The highest BCUT2D eigenvalue weighted by atomic mass is 16.5. The Morgan fingerprint density at radius 3 is 2.80 bits per heavy atom. The van der Waals surface area contributed by atoms with Gasteiger partial charge in [0.05, 0.1) is 32.4 Å². The number of amides is 3. The van der Waals surface area contributed by atoms with Gasteiger partial charge in [-0.05, 0) is 34.8 Å². The van der Waals surface area contributed by atoms with Crippen LogP contribution in [0.1, 0.15) is 41.0 Å². The van der Waals surface area contributed by atoms with Crippen molar-refractivity contribution in [2.45, 2.75) is 64.8 Å². The molecule has 2 saturated heterocycles. The van der Waals surface area contributed by atoms with Gasteiger partial charge in [-0.2, -0.15) is 5.26 Å². The summed E-state index contributed by atoms with van der Waals surface area (Å²) >= 11 is 0. The zero-order valence-electron chi connectivity index (χ0n) is 23.9. The van der Waals surface area contributed by atoms with Crippen LogP contribution in [-0.4, -0.2) is 90.0 Å². The van der Waals surface area contributed by atoms with E-state index in [-0.39, 0.29) is 55.5 Å². The lowest BCUT2D eigenvalue weighted by Crippen LogP contribution is -2.57. The Kier molecular flexibility index (Phi) is 6.95. The number of likely N-dealkylation sites (tertiary alicyclic amines) is 2. The van der Waals surface area contributed by atoms with Gasteiger partial charge in [-0.3, -0.25) is 14.5 Å². The first-order chi connectivity index (χ1) is 18.8. The predicted octanol–water partition coefficient (Wildman–Crippen LogP) is 1.98. The van der Waals surface area contributed by atoms with Crippen LogP contribution in [0.2, 0.25) is 0 Å². The number of aromatic nitrogens is 1. The van der Waals surface area contributed by atoms with Crippen LogP contribution in [-0.2, 0) is 19.1 Å². The standard InChI is InChI=1S/C28H38N6O6/c1-26(2,3)21(31-25(37)38-6)23(35)34-12-17-20(27(17,4)5)18(34)13-39-15-33-14-28(10-16(33)11-29)24(36)32-22-19(40-28)8-7-9-30-22/h7-9,16-18,20-21H,10,12-15H2,1-6H3,(H,31,37)(H,30,32,36)/t16-,17-,18+,20-,21+,28+/m0/s1. The van der Waals surface area contributed by atoms with Gasteiger partial charge in [0, 0.05) is 19.2 Å². The van der Waals surface area contributed by atoms with Crippen molar-refractivity contribution in [3.05, 3.63) is 18.3 Å². The maximum Gasteiger partial charge on any atom is 0.407 e. The molecule has 40 heavy (non-hydrogen) atoms. The van der Waals surface area contributed by atoms with E-state index in [0.29, 0.717) is 24.0 Å². The summed E-state index contributed by atoms with van der Waals surface area (Å²) < 4.78 is 17.1. The summed E-state index contributed by atoms with van der Waals surface area (Å²) in [4.78, 5) is 46.6. The first-order valence-electron chi connectivity index (χ1n) is 13.6. The molecule has 216 valence electrons. The minimum atomic E-state index is -1.21. The first-order valence-corrected chi connectivity index (χ1v) is 13.6. The van der Waals surface area contributed by atoms with E-state index >= 15 is 0 Å². The van der Waals surface area contributed by atoms with E-state index in [2.05, 4.69) is 35.5 Å². The van der Waals surface area contributed by atoms with Crippen LogP contribution in [0.3, 0.4) is 0 Å². The molecule has 1 aromatic rings. The average Bonchev–Trinajstić information content (AvgIpc) is 3.19. The van der Waals surface area contributed by atoms with Crippen LogP contribution in [0, 0.1) is 34.0 Å². The van der Waals surface area contributed by atoms with Crippen molar-refractivity contribution in [2.75, 3.05) is 38.9 Å². The molecule has 1 aromatic heterocycles. The Labute approximate surface area is 234 Å². The molecule has 2 N–H and O–H groups in total. The fourth-order valence-corrected chi connectivity index (χ4v) is 6.66. The van der Waals surface area contributed by atoms with Crippen molar-refractivity contribution >= 4 is 23.7 Å². The van der Waals surface area contributed by atoms with Gasteiger partial charge in [0.1, 0.15) is 18.8 Å². The third-order valence-electron chi connectivity index (χ3n) is 9.03. The molecular formula is C28H38N6O6. The smallest absolute Gasteiger partial charge is 0.407 e. The normalized spacial score (nSPS) is 30.9. The SMILES string of the molecule is COC(=O)N[C@H](C(=O)N1C[C@H]2[C@@H]([C@H]1COCN1C[C@@]3(C[C@H]1C#N)Oc1cccnc1NC3=O)C2(C)C)C(C)(C)C. The number of methoxy groups -OCH3 is 1. The Bertz CT molecular complexity index is 1240. The highest BCUT2D eigenvalue weighted by Crippen LogP contribution is 2.65. The van der Waals surface area contributed by atoms with Crippen LogP contribution in [0.5, 0.6) is 5.75 Å². The number of carbonyl (C=O) groups excluding carboxylic acids is 3. The van der Waals surface area contributed by atoms with Crippen molar-refractivity contribution in [1.29, 1.82) is 5.26 Å². The van der Waals surface area contributed by atoms with Gasteiger partial charge in [0.2, 0.25) is 11.5 Å². The predicted molar refractivity (Wildman–Crippen MR) is 143 cm³/mol. The molecule has 3 fully saturated rings. The lowest BCUT2D eigenvalue weighted by molar-refractivity contribution is -0.140. The van der Waals surface area contributed by atoms with Crippen molar-refractivity contribution in [1.82, 2.24) is 20.1 Å². The Balaban J connectivity index is 1.27. The van der Waals surface area contributed by atoms with Gasteiger partial charge in [0.15, 0.2) is 11.6 Å². The quantitative estimate of drug-likeness (QED) is 0.539. The molecule has 4 aliphatic rings. The number of anilines is 1. The van der Waals surface area contributed by atoms with Crippen LogP contribution >= 0.6 is 0 Å². The number of hydrogen-bond acceptors (Lipinski definition) is 9. The number of pyridine rings is 1. The lowest BCUT2D eigenvalue weighted by Gasteiger charge is -2.38. The minimum absolute atomic E-state index is 0.0835. The third-order valence-corrected chi connectivity index (χ3v) is 9.03. The number of ether oxygens (including phenoxy) is 3. The topological polar surface area (TPSA) is 146 Å². The molecule has 12 nitrogen and oxygen atoms in total. The average molecular weight is 555 g/mol. The van der Waals surface area contributed by atoms with E-state index in [1.54, 1.807) is 23.2 Å². The number of piperidine rings is 1. The van der Waals surface area contributed by atoms with Crippen LogP contribution in [0.15, 0.2) is 18.3 Å². The van der Waals surface area contributed by atoms with Crippen molar-refractivity contribution in [2.24, 2.45) is 22.7 Å². The second-order valence-corrected chi connectivity index (χ2v) is 12.9. The minimum Gasteiger partial charge on any atom is -0.472 e. The molecule has 0 aromatic carbocycles. The van der Waals surface area contributed by atoms with Gasteiger partial charge in [-0.25, -0.2) is 9.78 Å². The molecule has 1 spiro atoms. The van der Waals surface area contributed by atoms with E-state index in [1.165, 1.54) is 7.11 Å². The maximum atomic E-state index is 13.8. The van der Waals surface area contributed by atoms with E-state index in [9.17, 15) is 19.6 Å². The van der Waals surface area contributed by atoms with Gasteiger partial charge in [-0.1, -0.05) is 34.6 Å². The van der Waals surface area contributed by atoms with Gasteiger partial charge in [0.25, 0.3) is 5.91 Å². The van der Waals surface area contributed by atoms with E-state index in [0.717, 1.165) is 0 Å². The number of nitriles is 1. The van der Waals surface area contributed by atoms with Gasteiger partial charge in [-0.15, -0.1) is 0 Å². The summed E-state index contributed by atoms with van der Waals surface area (Å²) in [5.41, 5.74) is -1.66. The zero-order chi connectivity index (χ0) is 29.0. The molecular weight excluding hydrogens is 516 g/mol. The Morgan fingerprint density at radius 2 is 2.12 bits per heavy atom. The highest BCUT2D eigenvalue weighted by Gasteiger charge is 2.68. The molecule has 1 aliphatic carbocycles. The largest absolute Gasteiger partial charge is 0.472 e. The van der Waals surface area contributed by atoms with Crippen molar-refractivity contribution in [3.63, 3.8) is 0 Å². The molecule has 5 rings (SSSR count). The summed E-state index contributed by atoms with van der Waals surface area (Å²) in [6, 6.07) is 4.23. The zero-order valence-corrected chi connectivity index (χ0v) is 23.9. The molecule has 0 bridgehead atoms. The molecule has 12 heteroatoms. The summed E-state index contributed by atoms with van der Waals surface area (Å²) in [6.45, 7) is 11.3. The number of alkyl carbamates (subject to hydrolysis) is 1. The van der Waals surface area contributed by atoms with Crippen LogP contribution < -0.4 is 15.4 Å². The number of hydrogen-bond donors (Lipinski definition) is 2. The van der Waals surface area contributed by atoms with Crippen molar-refractivity contribution < 1.29 is 28.6 Å². The fraction of sp³-hybridized carbons (Fsp3) is 0.679. The third kappa shape index (κ3) is 4.75. The van der Waals surface area contributed by atoms with E-state index in [4.69, 9.17) is 14.2 Å². The first kappa shape index (κ1) is 28.1. The lowest BCUT2D eigenvalue weighted by atomic mass is 9.85. The molecule has 6 atom stereocenters. The maximum absolute atomic E-state index is 13.8. The second kappa shape index (κ2) is 9.89. The Morgan fingerprint density at radius 1 is 1.38 bits per heavy atom. The van der Waals surface area contributed by atoms with Gasteiger partial charge >= 0.3 is 6.09 Å². The Hall–Kier alpha value is -3.43. The van der Waals surface area contributed by atoms with E-state index < -0.39 is 29.2 Å². The second-order valence-electron chi connectivity index (χ2n) is 12.9. The molecule has 3 aliphatic heterocycles. The van der Waals surface area contributed by atoms with E-state index in [1.807, 2.05) is 25.7 Å². The molecule has 0 unspecified atom stereocenters. The number of fused-ring (bicyclic) bond motifs is 2.